The zero-order valence-corrected chi connectivity index (χ0v) is 16.1. The first-order valence-electron chi connectivity index (χ1n) is 9.37. The maximum absolute atomic E-state index is 12.2. The van der Waals surface area contributed by atoms with E-state index in [9.17, 15) is 9.59 Å². The van der Waals surface area contributed by atoms with Crippen LogP contribution >= 0.6 is 11.8 Å². The fraction of sp³-hybridized carbons (Fsp3) is 0.765. The quantitative estimate of drug-likeness (QED) is 0.692. The molecule has 1 aliphatic heterocycles. The molecule has 1 aromatic rings. The Hall–Kier alpha value is -1.61. The van der Waals surface area contributed by atoms with Crippen LogP contribution in [0.15, 0.2) is 10.7 Å². The van der Waals surface area contributed by atoms with Crippen molar-refractivity contribution >= 4 is 28.7 Å². The van der Waals surface area contributed by atoms with Gasteiger partial charge in [0.05, 0.1) is 23.8 Å². The van der Waals surface area contributed by atoms with Gasteiger partial charge in [0, 0.05) is 38.2 Å². The highest BCUT2D eigenvalue weighted by Gasteiger charge is 2.25. The van der Waals surface area contributed by atoms with Crippen molar-refractivity contribution in [2.24, 2.45) is 5.92 Å². The predicted octanol–water partition coefficient (Wildman–Crippen LogP) is 1.61. The second-order valence-corrected chi connectivity index (χ2v) is 8.15. The Morgan fingerprint density at radius 3 is 2.69 bits per heavy atom. The number of nitrogens with zero attached hydrogens (tertiary/aromatic N) is 5. The van der Waals surface area contributed by atoms with E-state index < -0.39 is 0 Å². The highest BCUT2D eigenvalue weighted by molar-refractivity contribution is 8.13. The number of hydrogen-bond donors (Lipinski definition) is 0. The standard InChI is InChI=1S/C17H27N5O3S/c1-14(23)26-12-11-20-7-9-21(10-8-20)22-13-16(25-19-22)18-17(24)15-5-3-2-4-6-15/h13,15H,2-12H2,1H3. The number of piperazine rings is 1. The van der Waals surface area contributed by atoms with Gasteiger partial charge in [0.15, 0.2) is 5.12 Å². The minimum Gasteiger partial charge on any atom is -0.588 e. The summed E-state index contributed by atoms with van der Waals surface area (Å²) in [5.74, 6) is 1.07. The third-order valence-corrected chi connectivity index (χ3v) is 5.76. The average Bonchev–Trinajstić information content (AvgIpc) is 3.11. The molecule has 9 heteroatoms. The molecule has 1 saturated carbocycles. The number of thioether (sulfide) groups is 1. The monoisotopic (exact) mass is 381 g/mol. The Labute approximate surface area is 158 Å². The van der Waals surface area contributed by atoms with Crippen LogP contribution in [-0.4, -0.2) is 59.7 Å². The van der Waals surface area contributed by atoms with Crippen molar-refractivity contribution in [3.8, 4) is 0 Å². The first-order valence-corrected chi connectivity index (χ1v) is 10.4. The Balaban J connectivity index is 1.43. The lowest BCUT2D eigenvalue weighted by atomic mass is 9.89. The van der Waals surface area contributed by atoms with Crippen molar-refractivity contribution in [3.05, 3.63) is 11.5 Å². The molecular weight excluding hydrogens is 354 g/mol. The van der Waals surface area contributed by atoms with Crippen LogP contribution in [-0.2, 0) is 9.59 Å². The zero-order valence-electron chi connectivity index (χ0n) is 15.3. The molecule has 0 bridgehead atoms. The number of amides is 1. The first-order chi connectivity index (χ1) is 12.6. The largest absolute Gasteiger partial charge is 0.588 e. The summed E-state index contributed by atoms with van der Waals surface area (Å²) in [6, 6.07) is 0. The van der Waals surface area contributed by atoms with Gasteiger partial charge in [0.2, 0.25) is 5.27 Å². The molecule has 0 radical (unpaired) electrons. The molecule has 1 aromatic heterocycles. The van der Waals surface area contributed by atoms with E-state index in [1.54, 1.807) is 17.9 Å². The molecule has 0 aromatic carbocycles. The van der Waals surface area contributed by atoms with Gasteiger partial charge in [0.1, 0.15) is 5.88 Å². The van der Waals surface area contributed by atoms with Crippen LogP contribution < -0.4 is 9.80 Å². The lowest BCUT2D eigenvalue weighted by Crippen LogP contribution is -2.65. The molecule has 1 aliphatic carbocycles. The van der Waals surface area contributed by atoms with Crippen LogP contribution in [0.3, 0.4) is 0 Å². The van der Waals surface area contributed by atoms with Crippen LogP contribution in [0.5, 0.6) is 0 Å². The van der Waals surface area contributed by atoms with E-state index in [0.29, 0.717) is 0 Å². The van der Waals surface area contributed by atoms with Crippen LogP contribution in [0.1, 0.15) is 39.0 Å². The molecule has 3 rings (SSSR count). The van der Waals surface area contributed by atoms with Crippen molar-refractivity contribution in [2.75, 3.05) is 43.5 Å². The predicted molar refractivity (Wildman–Crippen MR) is 98.8 cm³/mol. The van der Waals surface area contributed by atoms with Crippen LogP contribution in [0.25, 0.3) is 5.32 Å². The van der Waals surface area contributed by atoms with Crippen LogP contribution in [0.2, 0.25) is 0 Å². The lowest BCUT2D eigenvalue weighted by Gasteiger charge is -2.29. The lowest BCUT2D eigenvalue weighted by molar-refractivity contribution is -0.759. The molecule has 0 atom stereocenters. The average molecular weight is 382 g/mol. The van der Waals surface area contributed by atoms with Crippen LogP contribution in [0.4, 0.5) is 5.88 Å². The Morgan fingerprint density at radius 1 is 1.27 bits per heavy atom. The van der Waals surface area contributed by atoms with E-state index in [2.05, 4.69) is 20.5 Å². The van der Waals surface area contributed by atoms with Gasteiger partial charge < -0.3 is 14.6 Å². The van der Waals surface area contributed by atoms with Gasteiger partial charge in [-0.2, -0.15) is 5.01 Å². The van der Waals surface area contributed by atoms with Crippen LogP contribution in [0, 0.1) is 5.92 Å². The zero-order chi connectivity index (χ0) is 18.4. The van der Waals surface area contributed by atoms with Gasteiger partial charge in [-0.3, -0.25) is 9.69 Å². The minimum absolute atomic E-state index is 0.0405. The van der Waals surface area contributed by atoms with Crippen molar-refractivity contribution < 1.29 is 18.9 Å². The fourth-order valence-corrected chi connectivity index (χ4v) is 4.08. The van der Waals surface area contributed by atoms with Gasteiger partial charge in [-0.15, -0.1) is 0 Å². The van der Waals surface area contributed by atoms with Gasteiger partial charge in [-0.05, 0) is 12.8 Å². The minimum atomic E-state index is -0.0826. The summed E-state index contributed by atoms with van der Waals surface area (Å²) in [5, 5.41) is 10.4. The second kappa shape index (κ2) is 9.36. The summed E-state index contributed by atoms with van der Waals surface area (Å²) >= 11 is 1.37. The second-order valence-electron chi connectivity index (χ2n) is 6.88. The van der Waals surface area contributed by atoms with E-state index in [-0.39, 0.29) is 22.8 Å². The summed E-state index contributed by atoms with van der Waals surface area (Å²) in [6.07, 6.45) is 6.98. The molecule has 8 nitrogen and oxygen atoms in total. The highest BCUT2D eigenvalue weighted by atomic mass is 32.2. The molecule has 0 unspecified atom stereocenters. The number of carbonyl (C=O) groups excluding carboxylic acids is 2. The SMILES string of the molecule is CC(=O)SCCN1CCN([n+]2cc([N-]C(=O)C3CCCCC3)on2)CC1. The molecule has 2 fully saturated rings. The van der Waals surface area contributed by atoms with E-state index >= 15 is 0 Å². The normalized spacial score (nSPS) is 19.5. The summed E-state index contributed by atoms with van der Waals surface area (Å²) in [7, 11) is 0. The third-order valence-electron chi connectivity index (χ3n) is 4.97. The first kappa shape index (κ1) is 19.2. The van der Waals surface area contributed by atoms with Gasteiger partial charge in [0.25, 0.3) is 6.20 Å². The molecular formula is C17H27N5O3S. The van der Waals surface area contributed by atoms with E-state index in [1.165, 1.54) is 18.2 Å². The maximum Gasteiger partial charge on any atom is 0.257 e. The van der Waals surface area contributed by atoms with Gasteiger partial charge in [-0.25, -0.2) is 0 Å². The number of hydrogen-bond acceptors (Lipinski definition) is 7. The molecule has 26 heavy (non-hydrogen) atoms. The highest BCUT2D eigenvalue weighted by Crippen LogP contribution is 2.28. The molecule has 2 aliphatic rings. The van der Waals surface area contributed by atoms with E-state index in [0.717, 1.165) is 64.2 Å². The third kappa shape index (κ3) is 5.44. The Bertz CT molecular complexity index is 609. The molecule has 1 amide bonds. The molecule has 0 spiro atoms. The van der Waals surface area contributed by atoms with E-state index in [4.69, 9.17) is 4.52 Å². The number of aromatic nitrogens is 2. The molecule has 2 heterocycles. The topological polar surface area (TPSA) is 84.6 Å². The fourth-order valence-electron chi connectivity index (χ4n) is 3.45. The number of carbonyl (C=O) groups is 2. The summed E-state index contributed by atoms with van der Waals surface area (Å²) in [5.41, 5.74) is 0. The van der Waals surface area contributed by atoms with Crippen molar-refractivity contribution in [3.63, 3.8) is 0 Å². The maximum atomic E-state index is 12.2. The molecule has 1 saturated heterocycles. The smallest absolute Gasteiger partial charge is 0.257 e. The summed E-state index contributed by atoms with van der Waals surface area (Å²) in [6.45, 7) is 5.97. The Morgan fingerprint density at radius 2 is 2.00 bits per heavy atom. The Kier molecular flexibility index (Phi) is 6.90. The molecule has 0 N–H and O–H groups in total. The van der Waals surface area contributed by atoms with E-state index in [1.807, 2.05) is 0 Å². The number of rotatable bonds is 6. The van der Waals surface area contributed by atoms with Crippen molar-refractivity contribution in [1.82, 2.24) is 10.2 Å². The summed E-state index contributed by atoms with van der Waals surface area (Å²) < 4.78 is 5.23. The van der Waals surface area contributed by atoms with Crippen molar-refractivity contribution in [2.45, 2.75) is 39.0 Å². The van der Waals surface area contributed by atoms with Crippen molar-refractivity contribution in [1.29, 1.82) is 0 Å². The van der Waals surface area contributed by atoms with Gasteiger partial charge >= 0.3 is 0 Å². The van der Waals surface area contributed by atoms with Gasteiger partial charge in [-0.1, -0.05) is 31.0 Å². The summed E-state index contributed by atoms with van der Waals surface area (Å²) in [4.78, 5) is 27.2. The molecule has 144 valence electrons.